The third kappa shape index (κ3) is 16.1. The Morgan fingerprint density at radius 1 is 1.50 bits per heavy atom. The van der Waals surface area contributed by atoms with Gasteiger partial charge in [-0.05, 0) is 12.3 Å². The van der Waals surface area contributed by atoms with E-state index >= 15 is 0 Å². The normalized spacial score (nSPS) is 11.6. The van der Waals surface area contributed by atoms with Crippen LogP contribution in [-0.2, 0) is 37.3 Å². The first-order chi connectivity index (χ1) is 3.63. The van der Waals surface area contributed by atoms with E-state index in [0.717, 1.165) is 6.42 Å². The molecule has 2 nitrogen and oxygen atoms in total. The molecule has 0 aliphatic heterocycles. The molecule has 0 aromatic heterocycles. The molecular formula is C6H16O2PY-. The average molecular weight is 240 g/mol. The van der Waals surface area contributed by atoms with Crippen LogP contribution in [0.15, 0.2) is 0 Å². The summed E-state index contributed by atoms with van der Waals surface area (Å²) in [5.74, 6) is 0.552. The van der Waals surface area contributed by atoms with Crippen molar-refractivity contribution >= 4 is 8.03 Å². The van der Waals surface area contributed by atoms with Crippen molar-refractivity contribution in [3.63, 3.8) is 0 Å². The second-order valence-corrected chi connectivity index (χ2v) is 3.61. The van der Waals surface area contributed by atoms with Crippen LogP contribution < -0.4 is 0 Å². The summed E-state index contributed by atoms with van der Waals surface area (Å²) in [5.41, 5.74) is 0. The van der Waals surface area contributed by atoms with E-state index in [0.29, 0.717) is 12.1 Å². The SMILES string of the molecule is CC(C)CC[PH](=O)O.[CH3-].[Y]. The van der Waals surface area contributed by atoms with Gasteiger partial charge in [0, 0.05) is 38.9 Å². The van der Waals surface area contributed by atoms with Gasteiger partial charge in [0.2, 0.25) is 0 Å². The summed E-state index contributed by atoms with van der Waals surface area (Å²) >= 11 is 0. The predicted molar refractivity (Wildman–Crippen MR) is 42.0 cm³/mol. The molecular weight excluding hydrogens is 224 g/mol. The van der Waals surface area contributed by atoms with E-state index in [1.165, 1.54) is 0 Å². The molecule has 0 saturated carbocycles. The van der Waals surface area contributed by atoms with E-state index in [9.17, 15) is 4.57 Å². The van der Waals surface area contributed by atoms with Gasteiger partial charge in [-0.15, -0.1) is 0 Å². The maximum Gasteiger partial charge on any atom is 0.189 e. The van der Waals surface area contributed by atoms with E-state index in [1.807, 2.05) is 13.8 Å². The number of rotatable bonds is 3. The van der Waals surface area contributed by atoms with Crippen molar-refractivity contribution in [1.82, 2.24) is 0 Å². The van der Waals surface area contributed by atoms with Gasteiger partial charge in [-0.25, -0.2) is 0 Å². The molecule has 0 rings (SSSR count). The van der Waals surface area contributed by atoms with Gasteiger partial charge in [-0.2, -0.15) is 0 Å². The average Bonchev–Trinajstić information content (AvgIpc) is 1.61. The molecule has 10 heavy (non-hydrogen) atoms. The standard InChI is InChI=1S/C5H13O2P.CH3.Y/c1-5(2)3-4-8(6)7;;/h5,8H,3-4H2,1-2H3,(H,6,7);1H3;/q;-1;. The van der Waals surface area contributed by atoms with Crippen LogP contribution in [0, 0.1) is 13.3 Å². The molecule has 1 N–H and O–H groups in total. The van der Waals surface area contributed by atoms with Gasteiger partial charge in [0.25, 0.3) is 0 Å². The summed E-state index contributed by atoms with van der Waals surface area (Å²) in [7, 11) is -2.18. The minimum atomic E-state index is -2.18. The molecule has 0 aromatic carbocycles. The van der Waals surface area contributed by atoms with Crippen molar-refractivity contribution in [3.05, 3.63) is 7.43 Å². The Balaban J connectivity index is -0.000000245. The topological polar surface area (TPSA) is 37.3 Å². The van der Waals surface area contributed by atoms with Gasteiger partial charge in [0.05, 0.1) is 0 Å². The molecule has 1 radical (unpaired) electrons. The van der Waals surface area contributed by atoms with Gasteiger partial charge in [-0.3, -0.25) is 4.57 Å². The van der Waals surface area contributed by atoms with Crippen LogP contribution in [-0.4, -0.2) is 11.1 Å². The largest absolute Gasteiger partial charge is 0.358 e. The zero-order valence-electron chi connectivity index (χ0n) is 6.92. The summed E-state index contributed by atoms with van der Waals surface area (Å²) < 4.78 is 10.1. The van der Waals surface area contributed by atoms with Crippen LogP contribution >= 0.6 is 8.03 Å². The molecule has 61 valence electrons. The van der Waals surface area contributed by atoms with E-state index in [1.54, 1.807) is 0 Å². The molecule has 0 saturated heterocycles. The fourth-order valence-corrected chi connectivity index (χ4v) is 1.24. The smallest absolute Gasteiger partial charge is 0.189 e. The van der Waals surface area contributed by atoms with Crippen molar-refractivity contribution < 1.29 is 42.2 Å². The van der Waals surface area contributed by atoms with Crippen LogP contribution in [0.2, 0.25) is 0 Å². The second-order valence-electron chi connectivity index (χ2n) is 2.33. The van der Waals surface area contributed by atoms with Gasteiger partial charge in [0.15, 0.2) is 8.03 Å². The third-order valence-corrected chi connectivity index (χ3v) is 1.65. The van der Waals surface area contributed by atoms with Crippen molar-refractivity contribution in [2.24, 2.45) is 5.92 Å². The quantitative estimate of drug-likeness (QED) is 0.604. The van der Waals surface area contributed by atoms with Crippen molar-refractivity contribution in [2.75, 3.05) is 6.16 Å². The molecule has 0 amide bonds. The summed E-state index contributed by atoms with van der Waals surface area (Å²) in [5, 5.41) is 0. The van der Waals surface area contributed by atoms with E-state index in [4.69, 9.17) is 4.89 Å². The summed E-state index contributed by atoms with van der Waals surface area (Å²) in [6.45, 7) is 4.09. The maximum atomic E-state index is 10.1. The zero-order chi connectivity index (χ0) is 6.57. The minimum Gasteiger partial charge on any atom is -0.358 e. The number of hydrogen-bond acceptors (Lipinski definition) is 1. The third-order valence-electron chi connectivity index (χ3n) is 0.936. The molecule has 0 heterocycles. The Kier molecular flexibility index (Phi) is 17.9. The number of hydrogen-bond donors (Lipinski definition) is 1. The maximum absolute atomic E-state index is 10.1. The Morgan fingerprint density at radius 3 is 2.00 bits per heavy atom. The molecule has 1 unspecified atom stereocenters. The van der Waals surface area contributed by atoms with Gasteiger partial charge in [0.1, 0.15) is 0 Å². The first-order valence-corrected chi connectivity index (χ1v) is 4.41. The van der Waals surface area contributed by atoms with E-state index in [2.05, 4.69) is 0 Å². The van der Waals surface area contributed by atoms with Crippen LogP contribution in [0.3, 0.4) is 0 Å². The second kappa shape index (κ2) is 10.3. The predicted octanol–water partition coefficient (Wildman–Crippen LogP) is 1.95. The van der Waals surface area contributed by atoms with Crippen molar-refractivity contribution in [3.8, 4) is 0 Å². The summed E-state index contributed by atoms with van der Waals surface area (Å²) in [4.78, 5) is 8.35. The van der Waals surface area contributed by atoms with E-state index < -0.39 is 8.03 Å². The molecule has 4 heteroatoms. The Morgan fingerprint density at radius 2 is 1.90 bits per heavy atom. The Labute approximate surface area is 89.5 Å². The zero-order valence-corrected chi connectivity index (χ0v) is 10.8. The first kappa shape index (κ1) is 17.4. The van der Waals surface area contributed by atoms with Crippen LogP contribution in [0.25, 0.3) is 0 Å². The molecule has 0 aromatic rings. The van der Waals surface area contributed by atoms with Gasteiger partial charge in [-0.1, -0.05) is 13.8 Å². The van der Waals surface area contributed by atoms with Crippen LogP contribution in [0.5, 0.6) is 0 Å². The first-order valence-electron chi connectivity index (χ1n) is 2.84. The van der Waals surface area contributed by atoms with E-state index in [-0.39, 0.29) is 40.1 Å². The molecule has 1 atom stereocenters. The Hall–Kier alpha value is 1.29. The molecule has 0 aliphatic carbocycles. The molecule has 0 bridgehead atoms. The molecule has 0 fully saturated rings. The van der Waals surface area contributed by atoms with Gasteiger partial charge < -0.3 is 12.3 Å². The Bertz CT molecular complexity index is 85.8. The van der Waals surface area contributed by atoms with Crippen molar-refractivity contribution in [2.45, 2.75) is 20.3 Å². The molecule has 0 aliphatic rings. The summed E-state index contributed by atoms with van der Waals surface area (Å²) in [6.07, 6.45) is 1.36. The minimum absolute atomic E-state index is 0. The van der Waals surface area contributed by atoms with Crippen LogP contribution in [0.4, 0.5) is 0 Å². The fraction of sp³-hybridized carbons (Fsp3) is 0.833. The molecule has 0 spiro atoms. The monoisotopic (exact) mass is 240 g/mol. The van der Waals surface area contributed by atoms with Crippen molar-refractivity contribution in [1.29, 1.82) is 0 Å². The van der Waals surface area contributed by atoms with Crippen LogP contribution in [0.1, 0.15) is 20.3 Å². The fourth-order valence-electron chi connectivity index (χ4n) is 0.412. The van der Waals surface area contributed by atoms with Gasteiger partial charge >= 0.3 is 0 Å². The summed E-state index contributed by atoms with van der Waals surface area (Å²) in [6, 6.07) is 0.